The van der Waals surface area contributed by atoms with Gasteiger partial charge in [0.2, 0.25) is 0 Å². The normalized spacial score (nSPS) is 18.0. The minimum atomic E-state index is 0.00339. The summed E-state index contributed by atoms with van der Waals surface area (Å²) >= 11 is 0. The number of nitrogens with zero attached hydrogens (tertiary/aromatic N) is 1. The molecule has 92 valence electrons. The lowest BCUT2D eigenvalue weighted by molar-refractivity contribution is -0.117. The molecule has 0 amide bonds. The van der Waals surface area contributed by atoms with Crippen LogP contribution in [0, 0.1) is 12.3 Å². The maximum absolute atomic E-state index is 12.1. The van der Waals surface area contributed by atoms with Gasteiger partial charge in [0, 0.05) is 23.4 Å². The third-order valence-electron chi connectivity index (χ3n) is 3.38. The third kappa shape index (κ3) is 2.19. The topological polar surface area (TPSA) is 39.1 Å². The minimum absolute atomic E-state index is 0.00339. The lowest BCUT2D eigenvalue weighted by Gasteiger charge is -2.29. The zero-order chi connectivity index (χ0) is 12.8. The van der Waals surface area contributed by atoms with Crippen LogP contribution in [0.4, 0.5) is 0 Å². The molecule has 0 fully saturated rings. The molecule has 0 saturated carbocycles. The van der Waals surface area contributed by atoms with Crippen molar-refractivity contribution in [1.82, 2.24) is 4.57 Å². The summed E-state index contributed by atoms with van der Waals surface area (Å²) in [5.41, 5.74) is 2.88. The third-order valence-corrected chi connectivity index (χ3v) is 3.38. The molecule has 1 aliphatic rings. The molecule has 2 rings (SSSR count). The fraction of sp³-hybridized carbons (Fsp3) is 0.571. The van der Waals surface area contributed by atoms with Gasteiger partial charge in [-0.1, -0.05) is 13.8 Å². The Hall–Kier alpha value is -1.38. The number of fused-ring (bicyclic) bond motifs is 1. The van der Waals surface area contributed by atoms with Gasteiger partial charge in [0.25, 0.3) is 0 Å². The van der Waals surface area contributed by atoms with Crippen molar-refractivity contribution in [1.29, 1.82) is 0 Å². The standard InChI is InChI=1S/C14H19NO2/c1-9-5-11-12(15(9)8-10(2)16)6-14(3,4)7-13(11)17/h5H,6-8H2,1-4H3. The molecule has 1 heterocycles. The van der Waals surface area contributed by atoms with Crippen molar-refractivity contribution in [2.45, 2.75) is 47.1 Å². The number of carbonyl (C=O) groups excluding carboxylic acids is 2. The SMILES string of the molecule is CC(=O)Cn1c(C)cc2c1CC(C)(C)CC2=O. The Morgan fingerprint density at radius 3 is 2.65 bits per heavy atom. The number of hydrogen-bond acceptors (Lipinski definition) is 2. The van der Waals surface area contributed by atoms with Gasteiger partial charge in [-0.15, -0.1) is 0 Å². The molecule has 0 aliphatic heterocycles. The largest absolute Gasteiger partial charge is 0.341 e. The summed E-state index contributed by atoms with van der Waals surface area (Å²) in [5.74, 6) is 0.337. The summed E-state index contributed by atoms with van der Waals surface area (Å²) in [7, 11) is 0. The first kappa shape index (κ1) is 12.1. The summed E-state index contributed by atoms with van der Waals surface area (Å²) in [4.78, 5) is 23.3. The molecular weight excluding hydrogens is 214 g/mol. The van der Waals surface area contributed by atoms with Gasteiger partial charge in [0.15, 0.2) is 5.78 Å². The maximum Gasteiger partial charge on any atom is 0.165 e. The first-order chi connectivity index (χ1) is 7.80. The Balaban J connectivity index is 2.51. The van der Waals surface area contributed by atoms with Crippen LogP contribution in [0.5, 0.6) is 0 Å². The van der Waals surface area contributed by atoms with E-state index in [1.54, 1.807) is 6.92 Å². The van der Waals surface area contributed by atoms with E-state index in [0.29, 0.717) is 13.0 Å². The molecular formula is C14H19NO2. The van der Waals surface area contributed by atoms with Gasteiger partial charge in [-0.05, 0) is 31.7 Å². The van der Waals surface area contributed by atoms with E-state index in [4.69, 9.17) is 0 Å². The zero-order valence-corrected chi connectivity index (χ0v) is 11.0. The Labute approximate surface area is 102 Å². The Morgan fingerprint density at radius 1 is 1.41 bits per heavy atom. The quantitative estimate of drug-likeness (QED) is 0.787. The van der Waals surface area contributed by atoms with Crippen LogP contribution in [0.25, 0.3) is 0 Å². The first-order valence-electron chi connectivity index (χ1n) is 6.02. The lowest BCUT2D eigenvalue weighted by atomic mass is 9.76. The van der Waals surface area contributed by atoms with Gasteiger partial charge in [0.05, 0.1) is 6.54 Å². The fourth-order valence-electron chi connectivity index (χ4n) is 2.65. The molecule has 0 aromatic carbocycles. The lowest BCUT2D eigenvalue weighted by Crippen LogP contribution is -2.28. The molecule has 0 saturated heterocycles. The number of aryl methyl sites for hydroxylation is 1. The van der Waals surface area contributed by atoms with E-state index < -0.39 is 0 Å². The maximum atomic E-state index is 12.1. The van der Waals surface area contributed by atoms with Crippen LogP contribution in [0.1, 0.15) is 48.9 Å². The highest BCUT2D eigenvalue weighted by atomic mass is 16.1. The van der Waals surface area contributed by atoms with E-state index in [-0.39, 0.29) is 17.0 Å². The van der Waals surface area contributed by atoms with Gasteiger partial charge in [-0.2, -0.15) is 0 Å². The van der Waals surface area contributed by atoms with Crippen LogP contribution in [0.2, 0.25) is 0 Å². The summed E-state index contributed by atoms with van der Waals surface area (Å²) < 4.78 is 2.00. The number of rotatable bonds is 2. The molecule has 0 radical (unpaired) electrons. The average Bonchev–Trinajstić information content (AvgIpc) is 2.43. The van der Waals surface area contributed by atoms with Crippen molar-refractivity contribution < 1.29 is 9.59 Å². The van der Waals surface area contributed by atoms with E-state index in [0.717, 1.165) is 23.4 Å². The number of carbonyl (C=O) groups is 2. The van der Waals surface area contributed by atoms with Gasteiger partial charge in [-0.25, -0.2) is 0 Å². The van der Waals surface area contributed by atoms with Crippen LogP contribution >= 0.6 is 0 Å². The van der Waals surface area contributed by atoms with Crippen LogP contribution < -0.4 is 0 Å². The molecule has 0 unspecified atom stereocenters. The second kappa shape index (κ2) is 3.83. The van der Waals surface area contributed by atoms with Crippen LogP contribution in [-0.2, 0) is 17.8 Å². The summed E-state index contributed by atoms with van der Waals surface area (Å²) in [6.45, 7) is 8.14. The molecule has 1 aliphatic carbocycles. The van der Waals surface area contributed by atoms with E-state index >= 15 is 0 Å². The molecule has 0 spiro atoms. The second-order valence-electron chi connectivity index (χ2n) is 5.88. The highest BCUT2D eigenvalue weighted by Crippen LogP contribution is 2.36. The number of ketones is 2. The first-order valence-corrected chi connectivity index (χ1v) is 6.02. The highest BCUT2D eigenvalue weighted by Gasteiger charge is 2.33. The van der Waals surface area contributed by atoms with Gasteiger partial charge >= 0.3 is 0 Å². The van der Waals surface area contributed by atoms with Gasteiger partial charge < -0.3 is 4.57 Å². The van der Waals surface area contributed by atoms with Crippen molar-refractivity contribution in [3.8, 4) is 0 Å². The minimum Gasteiger partial charge on any atom is -0.341 e. The van der Waals surface area contributed by atoms with Crippen molar-refractivity contribution in [2.75, 3.05) is 0 Å². The summed E-state index contributed by atoms with van der Waals surface area (Å²) in [6.07, 6.45) is 1.47. The van der Waals surface area contributed by atoms with Gasteiger partial charge in [-0.3, -0.25) is 9.59 Å². The second-order valence-corrected chi connectivity index (χ2v) is 5.88. The smallest absolute Gasteiger partial charge is 0.165 e. The van der Waals surface area contributed by atoms with E-state index in [1.165, 1.54) is 0 Å². The molecule has 17 heavy (non-hydrogen) atoms. The highest BCUT2D eigenvalue weighted by molar-refractivity contribution is 5.99. The van der Waals surface area contributed by atoms with E-state index in [9.17, 15) is 9.59 Å². The van der Waals surface area contributed by atoms with E-state index in [2.05, 4.69) is 13.8 Å². The molecule has 1 aromatic rings. The van der Waals surface area contributed by atoms with Crippen molar-refractivity contribution in [3.63, 3.8) is 0 Å². The predicted molar refractivity (Wildman–Crippen MR) is 66.3 cm³/mol. The average molecular weight is 233 g/mol. The van der Waals surface area contributed by atoms with Crippen molar-refractivity contribution >= 4 is 11.6 Å². The number of Topliss-reactive ketones (excluding diaryl/α,β-unsaturated/α-hetero) is 2. The zero-order valence-electron chi connectivity index (χ0n) is 11.0. The molecule has 0 N–H and O–H groups in total. The molecule has 3 heteroatoms. The number of aromatic nitrogens is 1. The Kier molecular flexibility index (Phi) is 2.72. The predicted octanol–water partition coefficient (Wildman–Crippen LogP) is 2.54. The molecule has 0 atom stereocenters. The van der Waals surface area contributed by atoms with Crippen LogP contribution in [0.15, 0.2) is 6.07 Å². The molecule has 3 nitrogen and oxygen atoms in total. The molecule has 0 bridgehead atoms. The summed E-state index contributed by atoms with van der Waals surface area (Å²) in [5, 5.41) is 0. The van der Waals surface area contributed by atoms with Crippen LogP contribution in [-0.4, -0.2) is 16.1 Å². The number of hydrogen-bond donors (Lipinski definition) is 0. The summed E-state index contributed by atoms with van der Waals surface area (Å²) in [6, 6.07) is 1.93. The Bertz CT molecular complexity index is 495. The van der Waals surface area contributed by atoms with Gasteiger partial charge in [0.1, 0.15) is 5.78 Å². The van der Waals surface area contributed by atoms with Crippen LogP contribution in [0.3, 0.4) is 0 Å². The fourth-order valence-corrected chi connectivity index (χ4v) is 2.65. The van der Waals surface area contributed by atoms with Crippen molar-refractivity contribution in [2.24, 2.45) is 5.41 Å². The van der Waals surface area contributed by atoms with Crippen molar-refractivity contribution in [3.05, 3.63) is 23.0 Å². The Morgan fingerprint density at radius 2 is 2.06 bits per heavy atom. The molecule has 1 aromatic heterocycles. The monoisotopic (exact) mass is 233 g/mol. The van der Waals surface area contributed by atoms with E-state index in [1.807, 2.05) is 17.6 Å².